The average Bonchev–Trinajstić information content (AvgIpc) is 2.94. The van der Waals surface area contributed by atoms with Crippen molar-refractivity contribution < 1.29 is 0 Å². The smallest absolute Gasteiger partial charge is 0.230 e. The number of halogens is 4. The van der Waals surface area contributed by atoms with Gasteiger partial charge in [0.2, 0.25) is 3.79 Å². The summed E-state index contributed by atoms with van der Waals surface area (Å²) in [7, 11) is 0. The summed E-state index contributed by atoms with van der Waals surface area (Å²) in [6.45, 7) is 1.45. The van der Waals surface area contributed by atoms with Crippen LogP contribution in [0.3, 0.4) is 0 Å². The van der Waals surface area contributed by atoms with Gasteiger partial charge < -0.3 is 4.90 Å². The second-order valence-corrected chi connectivity index (χ2v) is 7.85. The van der Waals surface area contributed by atoms with Crippen LogP contribution in [0, 0.1) is 0 Å². The quantitative estimate of drug-likeness (QED) is 0.745. The number of rotatable bonds is 2. The number of benzene rings is 2. The van der Waals surface area contributed by atoms with E-state index in [-0.39, 0.29) is 0 Å². The summed E-state index contributed by atoms with van der Waals surface area (Å²) in [5.41, 5.74) is 0.913. The van der Waals surface area contributed by atoms with Crippen LogP contribution >= 0.6 is 46.4 Å². The molecule has 0 spiro atoms. The van der Waals surface area contributed by atoms with Gasteiger partial charge in [0.05, 0.1) is 0 Å². The first kappa shape index (κ1) is 16.2. The van der Waals surface area contributed by atoms with Crippen LogP contribution < -0.4 is 10.2 Å². The Bertz CT molecular complexity index is 639. The van der Waals surface area contributed by atoms with E-state index in [1.165, 1.54) is 0 Å². The predicted octanol–water partition coefficient (Wildman–Crippen LogP) is 4.97. The zero-order valence-corrected chi connectivity index (χ0v) is 14.6. The number of anilines is 1. The summed E-state index contributed by atoms with van der Waals surface area (Å²) in [6.07, 6.45) is 0. The number of nitrogens with zero attached hydrogens (tertiary/aromatic N) is 1. The van der Waals surface area contributed by atoms with Crippen molar-refractivity contribution in [1.82, 2.24) is 5.32 Å². The van der Waals surface area contributed by atoms with Crippen molar-refractivity contribution >= 4 is 52.1 Å². The van der Waals surface area contributed by atoms with E-state index < -0.39 is 9.46 Å². The zero-order valence-electron chi connectivity index (χ0n) is 11.6. The van der Waals surface area contributed by atoms with Gasteiger partial charge in [-0.05, 0) is 29.8 Å². The second-order valence-electron chi connectivity index (χ2n) is 5.13. The Hall–Kier alpha value is -0.640. The van der Waals surface area contributed by atoms with E-state index in [9.17, 15) is 0 Å². The number of para-hydroxylation sites is 1. The molecule has 116 valence electrons. The Morgan fingerprint density at radius 2 is 1.59 bits per heavy atom. The third-order valence-electron chi connectivity index (χ3n) is 3.86. The van der Waals surface area contributed by atoms with E-state index in [1.54, 1.807) is 12.1 Å². The first-order valence-corrected chi connectivity index (χ1v) is 8.37. The molecule has 0 amide bonds. The summed E-state index contributed by atoms with van der Waals surface area (Å²) in [5, 5.41) is 4.03. The maximum absolute atomic E-state index is 6.41. The molecule has 1 aliphatic rings. The van der Waals surface area contributed by atoms with Gasteiger partial charge in [-0.3, -0.25) is 5.32 Å². The lowest BCUT2D eigenvalue weighted by molar-refractivity contribution is 0.399. The number of nitrogens with one attached hydrogen (secondary N) is 1. The molecule has 6 heteroatoms. The van der Waals surface area contributed by atoms with Gasteiger partial charge in [-0.15, -0.1) is 0 Å². The Morgan fingerprint density at radius 1 is 0.955 bits per heavy atom. The summed E-state index contributed by atoms with van der Waals surface area (Å²) < 4.78 is -1.56. The summed E-state index contributed by atoms with van der Waals surface area (Å²) >= 11 is 25.2. The largest absolute Gasteiger partial charge is 0.345 e. The van der Waals surface area contributed by atoms with Gasteiger partial charge in [0.15, 0.2) is 5.66 Å². The lowest BCUT2D eigenvalue weighted by Crippen LogP contribution is -2.58. The lowest BCUT2D eigenvalue weighted by Gasteiger charge is -2.44. The molecule has 1 saturated heterocycles. The fourth-order valence-corrected chi connectivity index (χ4v) is 3.87. The van der Waals surface area contributed by atoms with Crippen LogP contribution in [0.4, 0.5) is 5.69 Å². The van der Waals surface area contributed by atoms with Gasteiger partial charge in [0.1, 0.15) is 0 Å². The Kier molecular flexibility index (Phi) is 4.50. The molecular weight excluding hydrogens is 362 g/mol. The van der Waals surface area contributed by atoms with Crippen LogP contribution in [0.1, 0.15) is 5.56 Å². The van der Waals surface area contributed by atoms with E-state index >= 15 is 0 Å². The molecule has 2 nitrogen and oxygen atoms in total. The third-order valence-corrected chi connectivity index (χ3v) is 4.93. The fourth-order valence-electron chi connectivity index (χ4n) is 2.91. The molecule has 1 N–H and O–H groups in total. The Morgan fingerprint density at radius 3 is 2.18 bits per heavy atom. The standard InChI is InChI=1S/C16H14Cl4N2/c17-13-8-6-12(7-9-13)15(16(18,19)20)21-10-11-22(15)14-4-2-1-3-5-14/h1-9,21H,10-11H2. The molecule has 2 aromatic rings. The topological polar surface area (TPSA) is 15.3 Å². The SMILES string of the molecule is Clc1ccc(C2(C(Cl)(Cl)Cl)NCCN2c2ccccc2)cc1. The molecule has 1 heterocycles. The first-order valence-electron chi connectivity index (χ1n) is 6.85. The van der Waals surface area contributed by atoms with E-state index in [2.05, 4.69) is 10.2 Å². The van der Waals surface area contributed by atoms with Gasteiger partial charge in [-0.2, -0.15) is 0 Å². The van der Waals surface area contributed by atoms with Crippen molar-refractivity contribution in [2.24, 2.45) is 0 Å². The van der Waals surface area contributed by atoms with Crippen molar-refractivity contribution in [3.05, 3.63) is 65.2 Å². The van der Waals surface area contributed by atoms with E-state index in [0.717, 1.165) is 17.8 Å². The Balaban J connectivity index is 2.16. The van der Waals surface area contributed by atoms with E-state index in [1.807, 2.05) is 42.5 Å². The van der Waals surface area contributed by atoms with Crippen LogP contribution in [0.25, 0.3) is 0 Å². The summed E-state index contributed by atoms with van der Waals surface area (Å²) in [4.78, 5) is 2.09. The van der Waals surface area contributed by atoms with Gasteiger partial charge >= 0.3 is 0 Å². The number of hydrogen-bond donors (Lipinski definition) is 1. The monoisotopic (exact) mass is 374 g/mol. The van der Waals surface area contributed by atoms with E-state index in [0.29, 0.717) is 11.6 Å². The first-order chi connectivity index (χ1) is 10.4. The molecule has 0 bridgehead atoms. The van der Waals surface area contributed by atoms with Crippen LogP contribution in [0.15, 0.2) is 54.6 Å². The van der Waals surface area contributed by atoms with Crippen LogP contribution in [0.5, 0.6) is 0 Å². The van der Waals surface area contributed by atoms with Crippen LogP contribution in [0.2, 0.25) is 5.02 Å². The van der Waals surface area contributed by atoms with Crippen molar-refractivity contribution in [3.8, 4) is 0 Å². The minimum absolute atomic E-state index is 0.646. The zero-order chi connectivity index (χ0) is 15.8. The average molecular weight is 376 g/mol. The number of alkyl halides is 3. The van der Waals surface area contributed by atoms with E-state index in [4.69, 9.17) is 46.4 Å². The highest BCUT2D eigenvalue weighted by molar-refractivity contribution is 6.68. The van der Waals surface area contributed by atoms with Crippen molar-refractivity contribution in [3.63, 3.8) is 0 Å². The minimum atomic E-state index is -1.56. The molecule has 0 aliphatic carbocycles. The molecule has 0 saturated carbocycles. The van der Waals surface area contributed by atoms with Gasteiger partial charge in [0.25, 0.3) is 0 Å². The number of hydrogen-bond acceptors (Lipinski definition) is 2. The Labute approximate surface area is 149 Å². The summed E-state index contributed by atoms with van der Waals surface area (Å²) in [6, 6.07) is 17.3. The molecule has 0 aromatic heterocycles. The molecule has 22 heavy (non-hydrogen) atoms. The van der Waals surface area contributed by atoms with Crippen LogP contribution in [-0.4, -0.2) is 16.9 Å². The second kappa shape index (κ2) is 6.10. The molecule has 1 unspecified atom stereocenters. The minimum Gasteiger partial charge on any atom is -0.345 e. The van der Waals surface area contributed by atoms with Crippen LogP contribution in [-0.2, 0) is 5.66 Å². The molecule has 1 atom stereocenters. The lowest BCUT2D eigenvalue weighted by atomic mass is 9.99. The van der Waals surface area contributed by atoms with Gasteiger partial charge in [0, 0.05) is 23.8 Å². The maximum atomic E-state index is 6.41. The predicted molar refractivity (Wildman–Crippen MR) is 95.2 cm³/mol. The molecule has 0 radical (unpaired) electrons. The highest BCUT2D eigenvalue weighted by Gasteiger charge is 2.56. The van der Waals surface area contributed by atoms with Crippen molar-refractivity contribution in [2.75, 3.05) is 18.0 Å². The third kappa shape index (κ3) is 2.68. The molecule has 2 aromatic carbocycles. The maximum Gasteiger partial charge on any atom is 0.230 e. The molecule has 3 rings (SSSR count). The highest BCUT2D eigenvalue weighted by Crippen LogP contribution is 2.50. The molecular formula is C16H14Cl4N2. The normalized spacial score (nSPS) is 22.1. The summed E-state index contributed by atoms with van der Waals surface area (Å²) in [5.74, 6) is 0. The fraction of sp³-hybridized carbons (Fsp3) is 0.250. The van der Waals surface area contributed by atoms with Gasteiger partial charge in [-0.25, -0.2) is 0 Å². The van der Waals surface area contributed by atoms with Crippen molar-refractivity contribution in [1.29, 1.82) is 0 Å². The molecule has 1 fully saturated rings. The van der Waals surface area contributed by atoms with Crippen molar-refractivity contribution in [2.45, 2.75) is 9.46 Å². The van der Waals surface area contributed by atoms with Gasteiger partial charge in [-0.1, -0.05) is 76.7 Å². The molecule has 1 aliphatic heterocycles. The highest BCUT2D eigenvalue weighted by atomic mass is 35.6.